The highest BCUT2D eigenvalue weighted by Crippen LogP contribution is 2.33. The summed E-state index contributed by atoms with van der Waals surface area (Å²) in [4.78, 5) is 12.0. The molecule has 0 radical (unpaired) electrons. The number of halogens is 2. The normalized spacial score (nSPS) is 13.8. The van der Waals surface area contributed by atoms with Gasteiger partial charge < -0.3 is 4.74 Å². The Morgan fingerprint density at radius 3 is 2.78 bits per heavy atom. The maximum atomic E-state index is 14.0. The molecule has 1 rings (SSSR count). The number of carbonyl (C=O) groups is 1. The van der Waals surface area contributed by atoms with Crippen molar-refractivity contribution in [2.24, 2.45) is 0 Å². The maximum Gasteiger partial charge on any atom is 0.316 e. The number of rotatable bonds is 5. The first-order valence-corrected chi connectivity index (χ1v) is 6.48. The van der Waals surface area contributed by atoms with Gasteiger partial charge in [0.25, 0.3) is 0 Å². The molecular formula is C14H16BrFO2. The molecule has 98 valence electrons. The quantitative estimate of drug-likeness (QED) is 0.607. The van der Waals surface area contributed by atoms with Gasteiger partial charge in [-0.15, -0.1) is 6.58 Å². The molecule has 1 aromatic carbocycles. The molecule has 0 N–H and O–H groups in total. The fourth-order valence-corrected chi connectivity index (χ4v) is 2.15. The van der Waals surface area contributed by atoms with Crippen LogP contribution < -0.4 is 0 Å². The highest BCUT2D eigenvalue weighted by Gasteiger charge is 2.37. The fraction of sp³-hybridized carbons (Fsp3) is 0.357. The van der Waals surface area contributed by atoms with E-state index in [4.69, 9.17) is 4.74 Å². The zero-order valence-corrected chi connectivity index (χ0v) is 12.1. The molecule has 0 aliphatic carbocycles. The third kappa shape index (κ3) is 2.99. The molecule has 1 atom stereocenters. The van der Waals surface area contributed by atoms with Gasteiger partial charge in [0.05, 0.1) is 12.0 Å². The van der Waals surface area contributed by atoms with Crippen LogP contribution in [0.2, 0.25) is 0 Å². The van der Waals surface area contributed by atoms with E-state index < -0.39 is 17.2 Å². The number of ether oxygens (including phenoxy) is 1. The van der Waals surface area contributed by atoms with E-state index in [0.717, 1.165) is 0 Å². The first-order valence-electron chi connectivity index (χ1n) is 5.69. The zero-order chi connectivity index (χ0) is 13.8. The minimum Gasteiger partial charge on any atom is -0.465 e. The molecule has 0 saturated carbocycles. The Bertz CT molecular complexity index is 459. The molecule has 0 heterocycles. The summed E-state index contributed by atoms with van der Waals surface area (Å²) in [7, 11) is 0. The summed E-state index contributed by atoms with van der Waals surface area (Å²) in [6.07, 6.45) is 1.92. The summed E-state index contributed by atoms with van der Waals surface area (Å²) < 4.78 is 19.7. The fourth-order valence-electron chi connectivity index (χ4n) is 1.82. The predicted octanol–water partition coefficient (Wildman–Crippen LogP) is 3.99. The molecule has 0 aliphatic rings. The highest BCUT2D eigenvalue weighted by atomic mass is 79.9. The molecule has 0 bridgehead atoms. The van der Waals surface area contributed by atoms with E-state index in [1.165, 1.54) is 6.07 Å². The van der Waals surface area contributed by atoms with E-state index in [9.17, 15) is 9.18 Å². The second-order valence-corrected chi connectivity index (χ2v) is 5.09. The monoisotopic (exact) mass is 314 g/mol. The first-order chi connectivity index (χ1) is 8.45. The van der Waals surface area contributed by atoms with Crippen molar-refractivity contribution in [3.05, 3.63) is 46.7 Å². The van der Waals surface area contributed by atoms with Crippen molar-refractivity contribution in [3.8, 4) is 0 Å². The Morgan fingerprint density at radius 2 is 2.28 bits per heavy atom. The van der Waals surface area contributed by atoms with E-state index in [0.29, 0.717) is 16.5 Å². The lowest BCUT2D eigenvalue weighted by Gasteiger charge is -2.27. The minimum absolute atomic E-state index is 0.268. The summed E-state index contributed by atoms with van der Waals surface area (Å²) in [5.74, 6) is -0.868. The van der Waals surface area contributed by atoms with Crippen LogP contribution in [0.25, 0.3) is 0 Å². The van der Waals surface area contributed by atoms with Crippen molar-refractivity contribution in [1.82, 2.24) is 0 Å². The van der Waals surface area contributed by atoms with Crippen LogP contribution in [0.3, 0.4) is 0 Å². The SMILES string of the molecule is C=CCC(C)(C(=O)OCC)c1ccc(Br)cc1F. The van der Waals surface area contributed by atoms with Gasteiger partial charge in [0.1, 0.15) is 5.82 Å². The molecule has 1 unspecified atom stereocenters. The van der Waals surface area contributed by atoms with E-state index in [2.05, 4.69) is 22.5 Å². The number of carbonyl (C=O) groups excluding carboxylic acids is 1. The molecule has 0 spiro atoms. The average molecular weight is 315 g/mol. The van der Waals surface area contributed by atoms with Crippen LogP contribution in [0.5, 0.6) is 0 Å². The lowest BCUT2D eigenvalue weighted by atomic mass is 9.79. The lowest BCUT2D eigenvalue weighted by Crippen LogP contribution is -2.35. The third-order valence-electron chi connectivity index (χ3n) is 2.80. The van der Waals surface area contributed by atoms with E-state index in [-0.39, 0.29) is 6.61 Å². The molecule has 0 aliphatic heterocycles. The summed E-state index contributed by atoms with van der Waals surface area (Å²) in [6, 6.07) is 4.65. The number of esters is 1. The molecule has 0 saturated heterocycles. The number of benzene rings is 1. The Balaban J connectivity index is 3.25. The highest BCUT2D eigenvalue weighted by molar-refractivity contribution is 9.10. The van der Waals surface area contributed by atoms with Crippen LogP contribution in [-0.4, -0.2) is 12.6 Å². The molecule has 4 heteroatoms. The molecule has 18 heavy (non-hydrogen) atoms. The topological polar surface area (TPSA) is 26.3 Å². The van der Waals surface area contributed by atoms with Crippen LogP contribution >= 0.6 is 15.9 Å². The summed E-state index contributed by atoms with van der Waals surface area (Å²) >= 11 is 3.19. The van der Waals surface area contributed by atoms with Gasteiger partial charge >= 0.3 is 5.97 Å². The minimum atomic E-state index is -1.04. The number of hydrogen-bond donors (Lipinski definition) is 0. The molecule has 2 nitrogen and oxygen atoms in total. The Hall–Kier alpha value is -1.16. The van der Waals surface area contributed by atoms with Gasteiger partial charge in [-0.3, -0.25) is 4.79 Å². The van der Waals surface area contributed by atoms with Crippen molar-refractivity contribution >= 4 is 21.9 Å². The number of allylic oxidation sites excluding steroid dienone is 1. The number of hydrogen-bond acceptors (Lipinski definition) is 2. The Morgan fingerprint density at radius 1 is 1.61 bits per heavy atom. The van der Waals surface area contributed by atoms with Gasteiger partial charge in [0.2, 0.25) is 0 Å². The van der Waals surface area contributed by atoms with Crippen molar-refractivity contribution in [1.29, 1.82) is 0 Å². The first kappa shape index (κ1) is 14.9. The van der Waals surface area contributed by atoms with Crippen molar-refractivity contribution in [3.63, 3.8) is 0 Å². The maximum absolute atomic E-state index is 14.0. The smallest absolute Gasteiger partial charge is 0.316 e. The average Bonchev–Trinajstić information content (AvgIpc) is 2.29. The van der Waals surface area contributed by atoms with Crippen LogP contribution in [0, 0.1) is 5.82 Å². The van der Waals surface area contributed by atoms with Gasteiger partial charge in [-0.1, -0.05) is 28.1 Å². The third-order valence-corrected chi connectivity index (χ3v) is 3.30. The summed E-state index contributed by atoms with van der Waals surface area (Å²) in [6.45, 7) is 7.28. The van der Waals surface area contributed by atoms with Crippen molar-refractivity contribution in [2.45, 2.75) is 25.7 Å². The van der Waals surface area contributed by atoms with Crippen molar-refractivity contribution in [2.75, 3.05) is 6.61 Å². The van der Waals surface area contributed by atoms with Gasteiger partial charge in [0.15, 0.2) is 0 Å². The van der Waals surface area contributed by atoms with Crippen molar-refractivity contribution < 1.29 is 13.9 Å². The second-order valence-electron chi connectivity index (χ2n) is 4.17. The van der Waals surface area contributed by atoms with Gasteiger partial charge in [0, 0.05) is 10.0 Å². The van der Waals surface area contributed by atoms with Gasteiger partial charge in [-0.25, -0.2) is 4.39 Å². The summed E-state index contributed by atoms with van der Waals surface area (Å²) in [5, 5.41) is 0. The summed E-state index contributed by atoms with van der Waals surface area (Å²) in [5.41, 5.74) is -0.716. The predicted molar refractivity (Wildman–Crippen MR) is 72.9 cm³/mol. The Labute approximate surface area is 115 Å². The Kier molecular flexibility index (Phi) is 5.08. The lowest BCUT2D eigenvalue weighted by molar-refractivity contribution is -0.149. The van der Waals surface area contributed by atoms with Crippen LogP contribution in [0.15, 0.2) is 35.3 Å². The zero-order valence-electron chi connectivity index (χ0n) is 10.5. The van der Waals surface area contributed by atoms with E-state index in [1.807, 2.05) is 0 Å². The van der Waals surface area contributed by atoms with Crippen LogP contribution in [0.1, 0.15) is 25.8 Å². The molecule has 0 fully saturated rings. The molecule has 0 amide bonds. The van der Waals surface area contributed by atoms with Crippen LogP contribution in [0.4, 0.5) is 4.39 Å². The second kappa shape index (κ2) is 6.14. The van der Waals surface area contributed by atoms with E-state index in [1.54, 1.807) is 32.1 Å². The van der Waals surface area contributed by atoms with Gasteiger partial charge in [-0.2, -0.15) is 0 Å². The van der Waals surface area contributed by atoms with Gasteiger partial charge in [-0.05, 0) is 32.4 Å². The molecule has 1 aromatic rings. The standard InChI is InChI=1S/C14H16BrFO2/c1-4-8-14(3,13(17)18-5-2)11-7-6-10(15)9-12(11)16/h4,6-7,9H,1,5,8H2,2-3H3. The molecular weight excluding hydrogens is 299 g/mol. The molecule has 0 aromatic heterocycles. The largest absolute Gasteiger partial charge is 0.465 e. The van der Waals surface area contributed by atoms with Crippen LogP contribution in [-0.2, 0) is 14.9 Å². The van der Waals surface area contributed by atoms with E-state index >= 15 is 0 Å².